The van der Waals surface area contributed by atoms with Gasteiger partial charge in [0.05, 0.1) is 31.9 Å². The Labute approximate surface area is 214 Å². The maximum absolute atomic E-state index is 13.2. The molecule has 1 aromatic rings. The number of ether oxygens (including phenoxy) is 1. The Balaban J connectivity index is 1.86. The number of carbonyl (C=O) groups is 2. The first-order valence-electron chi connectivity index (χ1n) is 12.7. The second-order valence-electron chi connectivity index (χ2n) is 10.2. The molecule has 0 bridgehead atoms. The van der Waals surface area contributed by atoms with Crippen molar-refractivity contribution in [3.05, 3.63) is 23.8 Å². The lowest BCUT2D eigenvalue weighted by atomic mass is 9.96. The van der Waals surface area contributed by atoms with E-state index >= 15 is 0 Å². The van der Waals surface area contributed by atoms with Gasteiger partial charge >= 0.3 is 6.03 Å². The quantitative estimate of drug-likeness (QED) is 0.502. The summed E-state index contributed by atoms with van der Waals surface area (Å²) in [5, 5.41) is 12.9. The number of amides is 3. The Bertz CT molecular complexity index is 1030. The summed E-state index contributed by atoms with van der Waals surface area (Å²) >= 11 is 0. The molecule has 202 valence electrons. The van der Waals surface area contributed by atoms with E-state index in [4.69, 9.17) is 4.74 Å². The lowest BCUT2D eigenvalue weighted by Crippen LogP contribution is -2.50. The number of likely N-dealkylation sites (N-methyl/N-ethyl adjacent to an activating group) is 1. The van der Waals surface area contributed by atoms with Crippen LogP contribution < -0.4 is 14.8 Å². The molecule has 3 amide bonds. The van der Waals surface area contributed by atoms with Gasteiger partial charge in [-0.1, -0.05) is 26.2 Å². The molecule has 1 aliphatic heterocycles. The number of aliphatic hydroxyl groups excluding tert-OH is 1. The molecule has 1 aliphatic carbocycles. The lowest BCUT2D eigenvalue weighted by Gasteiger charge is -2.34. The zero-order valence-corrected chi connectivity index (χ0v) is 22.5. The first-order chi connectivity index (χ1) is 17.0. The largest absolute Gasteiger partial charge is 0.488 e. The minimum Gasteiger partial charge on any atom is -0.488 e. The number of nitrogens with zero attached hydrogens (tertiary/aromatic N) is 2. The van der Waals surface area contributed by atoms with Gasteiger partial charge in [-0.05, 0) is 38.0 Å². The molecule has 36 heavy (non-hydrogen) atoms. The van der Waals surface area contributed by atoms with E-state index in [0.29, 0.717) is 30.1 Å². The predicted octanol–water partition coefficient (Wildman–Crippen LogP) is 2.18. The highest BCUT2D eigenvalue weighted by Crippen LogP contribution is 2.29. The van der Waals surface area contributed by atoms with Gasteiger partial charge in [-0.25, -0.2) is 13.2 Å². The second kappa shape index (κ2) is 12.1. The van der Waals surface area contributed by atoms with E-state index in [0.717, 1.165) is 31.9 Å². The molecule has 1 fully saturated rings. The molecule has 1 saturated carbocycles. The van der Waals surface area contributed by atoms with E-state index in [2.05, 4.69) is 10.0 Å². The fourth-order valence-corrected chi connectivity index (χ4v) is 5.36. The molecule has 3 rings (SSSR count). The van der Waals surface area contributed by atoms with Crippen molar-refractivity contribution in [3.8, 4) is 5.75 Å². The fourth-order valence-electron chi connectivity index (χ4n) is 4.81. The Hall–Kier alpha value is -2.53. The third-order valence-electron chi connectivity index (χ3n) is 6.95. The van der Waals surface area contributed by atoms with Crippen molar-refractivity contribution in [2.24, 2.45) is 5.92 Å². The van der Waals surface area contributed by atoms with Crippen molar-refractivity contribution in [1.82, 2.24) is 15.1 Å². The van der Waals surface area contributed by atoms with Crippen LogP contribution >= 0.6 is 0 Å². The molecule has 1 heterocycles. The number of aliphatic hydroxyl groups is 1. The van der Waals surface area contributed by atoms with Gasteiger partial charge in [0.15, 0.2) is 0 Å². The van der Waals surface area contributed by atoms with Crippen LogP contribution in [-0.2, 0) is 21.2 Å². The van der Waals surface area contributed by atoms with E-state index in [1.165, 1.54) is 6.42 Å². The summed E-state index contributed by atoms with van der Waals surface area (Å²) in [5.74, 6) is 0.139. The number of anilines is 1. The Kier molecular flexibility index (Phi) is 9.46. The second-order valence-corrected chi connectivity index (χ2v) is 12.0. The Morgan fingerprint density at radius 3 is 2.61 bits per heavy atom. The van der Waals surface area contributed by atoms with Crippen LogP contribution in [0.1, 0.15) is 51.5 Å². The van der Waals surface area contributed by atoms with Crippen LogP contribution in [0.3, 0.4) is 0 Å². The van der Waals surface area contributed by atoms with Crippen LogP contribution in [0.4, 0.5) is 10.5 Å². The monoisotopic (exact) mass is 524 g/mol. The van der Waals surface area contributed by atoms with Gasteiger partial charge in [0, 0.05) is 36.8 Å². The number of fused-ring (bicyclic) bond motifs is 1. The van der Waals surface area contributed by atoms with Gasteiger partial charge in [0.2, 0.25) is 15.9 Å². The molecule has 3 N–H and O–H groups in total. The third kappa shape index (κ3) is 7.73. The molecular weight excluding hydrogens is 484 g/mol. The molecule has 1 aromatic carbocycles. The van der Waals surface area contributed by atoms with Crippen LogP contribution in [0.2, 0.25) is 0 Å². The van der Waals surface area contributed by atoms with Crippen molar-refractivity contribution in [2.75, 3.05) is 37.7 Å². The zero-order chi connectivity index (χ0) is 26.5. The molecular formula is C25H40N4O6S. The predicted molar refractivity (Wildman–Crippen MR) is 138 cm³/mol. The van der Waals surface area contributed by atoms with Crippen LogP contribution in [-0.4, -0.2) is 86.4 Å². The molecule has 11 heteroatoms. The minimum absolute atomic E-state index is 0.00357. The summed E-state index contributed by atoms with van der Waals surface area (Å²) in [6, 6.07) is 4.49. The number of hydrogen-bond donors (Lipinski definition) is 3. The van der Waals surface area contributed by atoms with Crippen LogP contribution in [0.15, 0.2) is 18.2 Å². The summed E-state index contributed by atoms with van der Waals surface area (Å²) in [5.41, 5.74) is 0.874. The van der Waals surface area contributed by atoms with Crippen LogP contribution in [0, 0.1) is 5.92 Å². The van der Waals surface area contributed by atoms with E-state index in [1.54, 1.807) is 42.0 Å². The fraction of sp³-hybridized carbons (Fsp3) is 0.680. The van der Waals surface area contributed by atoms with Gasteiger partial charge in [-0.15, -0.1) is 0 Å². The van der Waals surface area contributed by atoms with Crippen molar-refractivity contribution in [1.29, 1.82) is 0 Å². The number of sulfonamides is 1. The maximum atomic E-state index is 13.2. The summed E-state index contributed by atoms with van der Waals surface area (Å²) in [6.45, 7) is 4.22. The summed E-state index contributed by atoms with van der Waals surface area (Å²) in [7, 11) is -1.76. The maximum Gasteiger partial charge on any atom is 0.317 e. The Morgan fingerprint density at radius 1 is 1.28 bits per heavy atom. The summed E-state index contributed by atoms with van der Waals surface area (Å²) in [6.07, 6.45) is 6.06. The number of nitrogens with one attached hydrogen (secondary N) is 2. The molecule has 3 atom stereocenters. The first-order valence-corrected chi connectivity index (χ1v) is 14.5. The van der Waals surface area contributed by atoms with Crippen molar-refractivity contribution < 1.29 is 27.9 Å². The van der Waals surface area contributed by atoms with Gasteiger partial charge < -0.3 is 25.0 Å². The number of rotatable bonds is 7. The molecule has 0 aromatic heterocycles. The zero-order valence-electron chi connectivity index (χ0n) is 21.7. The third-order valence-corrected chi connectivity index (χ3v) is 7.56. The molecule has 0 spiro atoms. The van der Waals surface area contributed by atoms with Crippen LogP contribution in [0.5, 0.6) is 5.75 Å². The van der Waals surface area contributed by atoms with Crippen LogP contribution in [0.25, 0.3) is 0 Å². The molecule has 2 aliphatic rings. The topological polar surface area (TPSA) is 128 Å². The first kappa shape index (κ1) is 28.0. The summed E-state index contributed by atoms with van der Waals surface area (Å²) in [4.78, 5) is 29.4. The van der Waals surface area contributed by atoms with Gasteiger partial charge in [-0.2, -0.15) is 0 Å². The van der Waals surface area contributed by atoms with E-state index < -0.39 is 22.2 Å². The lowest BCUT2D eigenvalue weighted by molar-refractivity contribution is -0.134. The van der Waals surface area contributed by atoms with Crippen molar-refractivity contribution >= 4 is 27.6 Å². The molecule has 0 unspecified atom stereocenters. The van der Waals surface area contributed by atoms with Crippen molar-refractivity contribution in [3.63, 3.8) is 0 Å². The van der Waals surface area contributed by atoms with Gasteiger partial charge in [0.25, 0.3) is 0 Å². The summed E-state index contributed by atoms with van der Waals surface area (Å²) < 4.78 is 32.3. The van der Waals surface area contributed by atoms with E-state index in [1.807, 2.05) is 6.92 Å². The van der Waals surface area contributed by atoms with Gasteiger partial charge in [0.1, 0.15) is 11.9 Å². The molecule has 10 nitrogen and oxygen atoms in total. The molecule has 0 saturated heterocycles. The van der Waals surface area contributed by atoms with E-state index in [-0.39, 0.29) is 36.9 Å². The normalized spacial score (nSPS) is 22.4. The highest BCUT2D eigenvalue weighted by molar-refractivity contribution is 7.92. The minimum atomic E-state index is -3.50. The average molecular weight is 525 g/mol. The number of hydrogen-bond acceptors (Lipinski definition) is 6. The number of carbonyl (C=O) groups excluding carboxylic acids is 2. The smallest absolute Gasteiger partial charge is 0.317 e. The number of benzene rings is 1. The van der Waals surface area contributed by atoms with Crippen molar-refractivity contribution in [2.45, 2.75) is 70.6 Å². The van der Waals surface area contributed by atoms with Gasteiger partial charge in [-0.3, -0.25) is 9.52 Å². The average Bonchev–Trinajstić information content (AvgIpc) is 2.86. The molecule has 0 radical (unpaired) electrons. The van der Waals surface area contributed by atoms with E-state index in [9.17, 15) is 23.1 Å². The standard InChI is InChI=1S/C25H40N4O6S/c1-17-14-29(18(2)16-30)24(31)13-19-12-21(27-36(4,33)34)10-11-22(19)35-23(17)15-28(3)25(32)26-20-8-6-5-7-9-20/h10-12,17-18,20,23,27,30H,5-9,13-16H2,1-4H3,(H,26,32)/t17-,18+,23+/m1/s1. The Morgan fingerprint density at radius 2 is 1.97 bits per heavy atom. The highest BCUT2D eigenvalue weighted by Gasteiger charge is 2.32. The number of urea groups is 1. The SMILES string of the molecule is C[C@@H]1CN([C@@H](C)CO)C(=O)Cc2cc(NS(C)(=O)=O)ccc2O[C@H]1CN(C)C(=O)NC1CCCCC1. The highest BCUT2D eigenvalue weighted by atomic mass is 32.2.